The Kier molecular flexibility index (Phi) is 4.69. The van der Waals surface area contributed by atoms with Gasteiger partial charge in [-0.2, -0.15) is 0 Å². The predicted molar refractivity (Wildman–Crippen MR) is 91.8 cm³/mol. The summed E-state index contributed by atoms with van der Waals surface area (Å²) < 4.78 is 0. The molecule has 1 aliphatic heterocycles. The third kappa shape index (κ3) is 3.28. The second kappa shape index (κ2) is 6.71. The van der Waals surface area contributed by atoms with Crippen molar-refractivity contribution in [1.82, 2.24) is 4.98 Å². The monoisotopic (exact) mass is 332 g/mol. The topological polar surface area (TPSA) is 33.2 Å². The number of fused-ring (bicyclic) bond motifs is 1. The van der Waals surface area contributed by atoms with E-state index in [1.54, 1.807) is 24.2 Å². The van der Waals surface area contributed by atoms with Crippen LogP contribution < -0.4 is 4.90 Å². The van der Waals surface area contributed by atoms with Gasteiger partial charge in [0.15, 0.2) is 0 Å². The molecule has 0 saturated carbocycles. The molecule has 3 rings (SSSR count). The number of nitrogens with zero attached hydrogens (tertiary/aromatic N) is 2. The Morgan fingerprint density at radius 2 is 2.27 bits per heavy atom. The van der Waals surface area contributed by atoms with E-state index in [2.05, 4.69) is 4.98 Å². The smallest absolute Gasteiger partial charge is 0.231 e. The average molecular weight is 333 g/mol. The number of hydrogen-bond donors (Lipinski definition) is 0. The van der Waals surface area contributed by atoms with Crippen LogP contribution in [0.3, 0.4) is 0 Å². The first-order chi connectivity index (χ1) is 10.6. The molecule has 0 radical (unpaired) electrons. The Balaban J connectivity index is 1.88. The van der Waals surface area contributed by atoms with Gasteiger partial charge in [0.1, 0.15) is 0 Å². The minimum Gasteiger partial charge on any atom is -0.311 e. The number of hydrogen-bond acceptors (Lipinski definition) is 3. The fourth-order valence-corrected chi connectivity index (χ4v) is 3.82. The molecule has 0 atom stereocenters. The van der Waals surface area contributed by atoms with Crippen molar-refractivity contribution >= 4 is 35.0 Å². The highest BCUT2D eigenvalue weighted by Gasteiger charge is 2.22. The van der Waals surface area contributed by atoms with Gasteiger partial charge < -0.3 is 4.90 Å². The van der Waals surface area contributed by atoms with E-state index in [0.717, 1.165) is 40.4 Å². The van der Waals surface area contributed by atoms with Gasteiger partial charge in [0.05, 0.1) is 12.1 Å². The Morgan fingerprint density at radius 1 is 1.41 bits per heavy atom. The van der Waals surface area contributed by atoms with Crippen LogP contribution in [0.2, 0.25) is 5.02 Å². The lowest BCUT2D eigenvalue weighted by Gasteiger charge is -2.23. The highest BCUT2D eigenvalue weighted by Crippen LogP contribution is 2.36. The van der Waals surface area contributed by atoms with E-state index in [0.29, 0.717) is 11.4 Å². The lowest BCUT2D eigenvalue weighted by molar-refractivity contribution is -0.118. The number of carbonyl (C=O) groups is 1. The average Bonchev–Trinajstić information content (AvgIpc) is 2.71. The van der Waals surface area contributed by atoms with Gasteiger partial charge in [-0.1, -0.05) is 11.6 Å². The Bertz CT molecular complexity index is 705. The van der Waals surface area contributed by atoms with E-state index in [1.807, 2.05) is 36.1 Å². The first-order valence-corrected chi connectivity index (χ1v) is 8.64. The van der Waals surface area contributed by atoms with Crippen LogP contribution in [0.25, 0.3) is 0 Å². The largest absolute Gasteiger partial charge is 0.311 e. The number of thioether (sulfide) groups is 1. The van der Waals surface area contributed by atoms with Crippen molar-refractivity contribution in [3.05, 3.63) is 52.8 Å². The second-order valence-electron chi connectivity index (χ2n) is 5.34. The van der Waals surface area contributed by atoms with Crippen molar-refractivity contribution in [3.63, 3.8) is 0 Å². The molecular weight excluding hydrogens is 316 g/mol. The van der Waals surface area contributed by atoms with E-state index in [4.69, 9.17) is 11.6 Å². The summed E-state index contributed by atoms with van der Waals surface area (Å²) >= 11 is 7.85. The van der Waals surface area contributed by atoms with Crippen LogP contribution in [0, 0.1) is 6.92 Å². The number of benzene rings is 1. The normalized spacial score (nSPS) is 14.4. The van der Waals surface area contributed by atoms with Gasteiger partial charge in [-0.05, 0) is 54.5 Å². The minimum atomic E-state index is 0.113. The van der Waals surface area contributed by atoms with Gasteiger partial charge in [0.25, 0.3) is 0 Å². The van der Waals surface area contributed by atoms with Gasteiger partial charge >= 0.3 is 0 Å². The summed E-state index contributed by atoms with van der Waals surface area (Å²) in [6, 6.07) is 7.68. The molecule has 0 aliphatic carbocycles. The molecule has 5 heteroatoms. The molecule has 0 unspecified atom stereocenters. The zero-order valence-corrected chi connectivity index (χ0v) is 14.0. The number of pyridine rings is 1. The van der Waals surface area contributed by atoms with Crippen molar-refractivity contribution in [2.75, 3.05) is 17.2 Å². The van der Waals surface area contributed by atoms with Crippen LogP contribution >= 0.6 is 23.4 Å². The number of amides is 1. The zero-order chi connectivity index (χ0) is 15.5. The number of aromatic nitrogens is 1. The molecule has 1 amide bonds. The summed E-state index contributed by atoms with van der Waals surface area (Å²) in [6.45, 7) is 2.76. The maximum atomic E-state index is 12.8. The summed E-state index contributed by atoms with van der Waals surface area (Å²) in [5.74, 6) is 1.12. The number of aryl methyl sites for hydroxylation is 1. The van der Waals surface area contributed by atoms with Crippen LogP contribution in [-0.2, 0) is 11.2 Å². The summed E-state index contributed by atoms with van der Waals surface area (Å²) in [7, 11) is 0. The first kappa shape index (κ1) is 15.4. The quantitative estimate of drug-likeness (QED) is 0.829. The molecule has 0 bridgehead atoms. The highest BCUT2D eigenvalue weighted by molar-refractivity contribution is 7.99. The second-order valence-corrected chi connectivity index (χ2v) is 6.91. The third-order valence-electron chi connectivity index (χ3n) is 3.79. The molecule has 2 aromatic rings. The van der Waals surface area contributed by atoms with Crippen molar-refractivity contribution in [2.24, 2.45) is 0 Å². The molecule has 0 N–H and O–H groups in total. The Hall–Kier alpha value is -1.52. The van der Waals surface area contributed by atoms with Gasteiger partial charge in [0.2, 0.25) is 5.91 Å². The fraction of sp³-hybridized carbons (Fsp3) is 0.294. The van der Waals surface area contributed by atoms with E-state index < -0.39 is 0 Å². The lowest BCUT2D eigenvalue weighted by Crippen LogP contribution is -2.33. The van der Waals surface area contributed by atoms with Gasteiger partial charge in [-0.25, -0.2) is 0 Å². The van der Waals surface area contributed by atoms with Crippen molar-refractivity contribution in [3.8, 4) is 0 Å². The fourth-order valence-electron chi connectivity index (χ4n) is 2.55. The Morgan fingerprint density at radius 3 is 3.09 bits per heavy atom. The maximum absolute atomic E-state index is 12.8. The van der Waals surface area contributed by atoms with E-state index in [1.165, 1.54) is 0 Å². The first-order valence-electron chi connectivity index (χ1n) is 7.27. The molecule has 22 heavy (non-hydrogen) atoms. The van der Waals surface area contributed by atoms with Gasteiger partial charge in [0, 0.05) is 28.9 Å². The molecule has 1 aromatic heterocycles. The molecule has 0 spiro atoms. The molecule has 1 aliphatic rings. The van der Waals surface area contributed by atoms with Gasteiger partial charge in [-0.15, -0.1) is 11.8 Å². The van der Waals surface area contributed by atoms with Crippen LogP contribution in [0.15, 0.2) is 41.6 Å². The van der Waals surface area contributed by atoms with Crippen molar-refractivity contribution in [2.45, 2.75) is 24.7 Å². The standard InChI is InChI=1S/C17H17ClN2OS/c1-12-5-6-19-11-13(12)9-17(21)20-7-2-8-22-16-10-14(18)3-4-15(16)20/h3-6,10-11H,2,7-9H2,1H3. The summed E-state index contributed by atoms with van der Waals surface area (Å²) in [5.41, 5.74) is 3.06. The number of carbonyl (C=O) groups excluding carboxylic acids is 1. The molecule has 114 valence electrons. The summed E-state index contributed by atoms with van der Waals surface area (Å²) in [5, 5.41) is 0.712. The summed E-state index contributed by atoms with van der Waals surface area (Å²) in [4.78, 5) is 19.9. The predicted octanol–water partition coefficient (Wildman–Crippen LogP) is 4.11. The number of rotatable bonds is 2. The molecular formula is C17H17ClN2OS. The molecule has 2 heterocycles. The maximum Gasteiger partial charge on any atom is 0.231 e. The molecule has 3 nitrogen and oxygen atoms in total. The van der Waals surface area contributed by atoms with Crippen molar-refractivity contribution < 1.29 is 4.79 Å². The van der Waals surface area contributed by atoms with Crippen molar-refractivity contribution in [1.29, 1.82) is 0 Å². The number of halogens is 1. The zero-order valence-electron chi connectivity index (χ0n) is 12.4. The van der Waals surface area contributed by atoms with E-state index in [9.17, 15) is 4.79 Å². The molecule has 0 saturated heterocycles. The molecule has 0 fully saturated rings. The number of anilines is 1. The van der Waals surface area contributed by atoms with E-state index >= 15 is 0 Å². The summed E-state index contributed by atoms with van der Waals surface area (Å²) in [6.07, 6.45) is 4.90. The van der Waals surface area contributed by atoms with Gasteiger partial charge in [-0.3, -0.25) is 9.78 Å². The van der Waals surface area contributed by atoms with Crippen LogP contribution in [0.4, 0.5) is 5.69 Å². The lowest BCUT2D eigenvalue weighted by atomic mass is 10.1. The SMILES string of the molecule is Cc1ccncc1CC(=O)N1CCCSc2cc(Cl)ccc21. The Labute approximate surface area is 139 Å². The van der Waals surface area contributed by atoms with Crippen LogP contribution in [0.5, 0.6) is 0 Å². The van der Waals surface area contributed by atoms with E-state index in [-0.39, 0.29) is 5.91 Å². The minimum absolute atomic E-state index is 0.113. The van der Waals surface area contributed by atoms with Crippen LogP contribution in [-0.4, -0.2) is 23.2 Å². The van der Waals surface area contributed by atoms with Crippen LogP contribution in [0.1, 0.15) is 17.5 Å². The molecule has 1 aromatic carbocycles. The third-order valence-corrected chi connectivity index (χ3v) is 5.15. The highest BCUT2D eigenvalue weighted by atomic mass is 35.5.